The molecule has 13 heteroatoms. The molecule has 0 aliphatic heterocycles. The standard InChI is InChI=1S/C32H34N6O7/c1-32(2,21-43-20-22-8-10-24(42-4)11-9-22)45-31(40)38-18-23(17-34-38)27-12-13-28(44-27)30(39)35-26-19-37(15-16-41-3)36-29(26)25-7-5-6-14-33-25/h5-14,17-19H,15-16,20-21H2,1-4H3,(H,35,39). The first-order chi connectivity index (χ1) is 21.7. The van der Waals surface area contributed by atoms with E-state index in [0.29, 0.717) is 48.2 Å². The Bertz CT molecular complexity index is 1720. The van der Waals surface area contributed by atoms with E-state index in [1.165, 1.54) is 12.4 Å². The number of anilines is 1. The third-order valence-electron chi connectivity index (χ3n) is 6.57. The lowest BCUT2D eigenvalue weighted by Gasteiger charge is -2.24. The van der Waals surface area contributed by atoms with Crippen molar-refractivity contribution in [1.29, 1.82) is 0 Å². The number of amides is 1. The van der Waals surface area contributed by atoms with E-state index in [9.17, 15) is 9.59 Å². The average molecular weight is 615 g/mol. The summed E-state index contributed by atoms with van der Waals surface area (Å²) in [7, 11) is 3.22. The fourth-order valence-corrected chi connectivity index (χ4v) is 4.30. The highest BCUT2D eigenvalue weighted by Crippen LogP contribution is 2.27. The molecule has 4 aromatic heterocycles. The van der Waals surface area contributed by atoms with Gasteiger partial charge in [-0.1, -0.05) is 18.2 Å². The fraction of sp³-hybridized carbons (Fsp3) is 0.281. The molecule has 0 aliphatic rings. The van der Waals surface area contributed by atoms with Gasteiger partial charge in [-0.2, -0.15) is 14.9 Å². The van der Waals surface area contributed by atoms with Crippen molar-refractivity contribution in [3.8, 4) is 28.5 Å². The van der Waals surface area contributed by atoms with Crippen molar-refractivity contribution in [2.45, 2.75) is 32.6 Å². The van der Waals surface area contributed by atoms with Crippen LogP contribution < -0.4 is 10.1 Å². The molecule has 5 rings (SSSR count). The Kier molecular flexibility index (Phi) is 9.70. The summed E-state index contributed by atoms with van der Waals surface area (Å²) in [5.74, 6) is 0.694. The van der Waals surface area contributed by atoms with Crippen molar-refractivity contribution in [1.82, 2.24) is 24.5 Å². The number of benzene rings is 1. The molecule has 5 aromatic rings. The Balaban J connectivity index is 1.20. The van der Waals surface area contributed by atoms with E-state index in [2.05, 4.69) is 20.5 Å². The van der Waals surface area contributed by atoms with Gasteiger partial charge in [0.15, 0.2) is 5.76 Å². The van der Waals surface area contributed by atoms with E-state index in [-0.39, 0.29) is 12.4 Å². The zero-order valence-corrected chi connectivity index (χ0v) is 25.4. The topological polar surface area (TPSA) is 145 Å². The number of rotatable bonds is 13. The number of aromatic nitrogens is 5. The van der Waals surface area contributed by atoms with Gasteiger partial charge in [-0.15, -0.1) is 0 Å². The molecule has 0 aliphatic carbocycles. The van der Waals surface area contributed by atoms with E-state index >= 15 is 0 Å². The number of pyridine rings is 1. The van der Waals surface area contributed by atoms with E-state index in [1.807, 2.05) is 36.4 Å². The molecule has 1 aromatic carbocycles. The van der Waals surface area contributed by atoms with Crippen molar-refractivity contribution in [2.75, 3.05) is 32.8 Å². The van der Waals surface area contributed by atoms with Gasteiger partial charge >= 0.3 is 6.09 Å². The van der Waals surface area contributed by atoms with Gasteiger partial charge in [-0.3, -0.25) is 14.5 Å². The number of hydrogen-bond donors (Lipinski definition) is 1. The van der Waals surface area contributed by atoms with Gasteiger partial charge in [-0.05, 0) is 55.8 Å². The SMILES string of the molecule is COCCn1cc(NC(=O)c2ccc(-c3cnn(C(=O)OC(C)(C)COCc4ccc(OC)cc4)c3)o2)c(-c2ccccn2)n1. The van der Waals surface area contributed by atoms with Gasteiger partial charge in [-0.25, -0.2) is 4.79 Å². The van der Waals surface area contributed by atoms with Gasteiger partial charge in [0.1, 0.15) is 22.8 Å². The van der Waals surface area contributed by atoms with Crippen LogP contribution in [0.25, 0.3) is 22.7 Å². The van der Waals surface area contributed by atoms with E-state index in [0.717, 1.165) is 16.0 Å². The molecule has 1 N–H and O–H groups in total. The van der Waals surface area contributed by atoms with Crippen molar-refractivity contribution in [2.24, 2.45) is 0 Å². The lowest BCUT2D eigenvalue weighted by molar-refractivity contribution is -0.0385. The summed E-state index contributed by atoms with van der Waals surface area (Å²) in [6, 6.07) is 16.1. The Morgan fingerprint density at radius 3 is 2.58 bits per heavy atom. The predicted octanol–water partition coefficient (Wildman–Crippen LogP) is 5.29. The van der Waals surface area contributed by atoms with Gasteiger partial charge in [0, 0.05) is 25.7 Å². The molecule has 0 atom stereocenters. The minimum absolute atomic E-state index is 0.0621. The highest BCUT2D eigenvalue weighted by molar-refractivity contribution is 6.04. The molecule has 0 fully saturated rings. The van der Waals surface area contributed by atoms with Crippen LogP contribution in [0.2, 0.25) is 0 Å². The zero-order valence-electron chi connectivity index (χ0n) is 25.4. The van der Waals surface area contributed by atoms with Crippen molar-refractivity contribution >= 4 is 17.7 Å². The molecule has 1 amide bonds. The first-order valence-corrected chi connectivity index (χ1v) is 14.1. The molecule has 234 valence electrons. The smallest absolute Gasteiger partial charge is 0.435 e. The van der Waals surface area contributed by atoms with Crippen LogP contribution in [0.1, 0.15) is 30.0 Å². The lowest BCUT2D eigenvalue weighted by atomic mass is 10.1. The third kappa shape index (κ3) is 8.02. The summed E-state index contributed by atoms with van der Waals surface area (Å²) in [6.07, 6.45) is 5.61. The molecule has 45 heavy (non-hydrogen) atoms. The number of hydrogen-bond acceptors (Lipinski definition) is 10. The normalized spacial score (nSPS) is 11.4. The van der Waals surface area contributed by atoms with Crippen LogP contribution in [0.5, 0.6) is 5.75 Å². The first-order valence-electron chi connectivity index (χ1n) is 14.1. The zero-order chi connectivity index (χ0) is 31.8. The van der Waals surface area contributed by atoms with Gasteiger partial charge in [0.05, 0.1) is 56.6 Å². The number of nitrogens with zero attached hydrogens (tertiary/aromatic N) is 5. The Morgan fingerprint density at radius 2 is 1.84 bits per heavy atom. The minimum atomic E-state index is -0.920. The van der Waals surface area contributed by atoms with Crippen LogP contribution in [0, 0.1) is 0 Å². The van der Waals surface area contributed by atoms with Crippen LogP contribution in [-0.4, -0.2) is 69.6 Å². The first kappa shape index (κ1) is 31.2. The molecule has 0 radical (unpaired) electrons. The molecular formula is C32H34N6O7. The Morgan fingerprint density at radius 1 is 1.02 bits per heavy atom. The number of furan rings is 1. The third-order valence-corrected chi connectivity index (χ3v) is 6.57. The second-order valence-electron chi connectivity index (χ2n) is 10.6. The number of nitrogens with one attached hydrogen (secondary N) is 1. The molecule has 4 heterocycles. The molecule has 0 spiro atoms. The van der Waals surface area contributed by atoms with Crippen LogP contribution in [0.4, 0.5) is 10.5 Å². The lowest BCUT2D eigenvalue weighted by Crippen LogP contribution is -2.35. The van der Waals surface area contributed by atoms with Gasteiger partial charge < -0.3 is 28.7 Å². The van der Waals surface area contributed by atoms with E-state index in [4.69, 9.17) is 23.4 Å². The summed E-state index contributed by atoms with van der Waals surface area (Å²) >= 11 is 0. The molecule has 0 unspecified atom stereocenters. The maximum absolute atomic E-state index is 13.1. The predicted molar refractivity (Wildman–Crippen MR) is 164 cm³/mol. The van der Waals surface area contributed by atoms with Crippen molar-refractivity contribution in [3.63, 3.8) is 0 Å². The Hall–Kier alpha value is -5.27. The Labute approximate surface area is 259 Å². The summed E-state index contributed by atoms with van der Waals surface area (Å²) in [5, 5.41) is 11.5. The summed E-state index contributed by atoms with van der Waals surface area (Å²) in [5.41, 5.74) is 2.12. The number of carbonyl (C=O) groups excluding carboxylic acids is 2. The second-order valence-corrected chi connectivity index (χ2v) is 10.6. The number of carbonyl (C=O) groups is 2. The van der Waals surface area contributed by atoms with Crippen LogP contribution in [0.3, 0.4) is 0 Å². The van der Waals surface area contributed by atoms with Gasteiger partial charge in [0.2, 0.25) is 0 Å². The van der Waals surface area contributed by atoms with Crippen molar-refractivity contribution < 1.29 is 33.0 Å². The molecule has 0 bridgehead atoms. The van der Waals surface area contributed by atoms with Crippen LogP contribution >= 0.6 is 0 Å². The minimum Gasteiger partial charge on any atom is -0.497 e. The van der Waals surface area contributed by atoms with E-state index in [1.54, 1.807) is 63.3 Å². The second kappa shape index (κ2) is 14.0. The molecular weight excluding hydrogens is 580 g/mol. The van der Waals surface area contributed by atoms with Crippen LogP contribution in [0.15, 0.2) is 83.8 Å². The van der Waals surface area contributed by atoms with E-state index < -0.39 is 17.6 Å². The highest BCUT2D eigenvalue weighted by atomic mass is 16.6. The summed E-state index contributed by atoms with van der Waals surface area (Å²) in [4.78, 5) is 30.3. The average Bonchev–Trinajstić information content (AvgIpc) is 3.81. The summed E-state index contributed by atoms with van der Waals surface area (Å²) < 4.78 is 30.3. The fourth-order valence-electron chi connectivity index (χ4n) is 4.30. The molecule has 0 saturated carbocycles. The van der Waals surface area contributed by atoms with Crippen LogP contribution in [-0.2, 0) is 27.4 Å². The maximum atomic E-state index is 13.1. The number of ether oxygens (including phenoxy) is 4. The highest BCUT2D eigenvalue weighted by Gasteiger charge is 2.25. The molecule has 0 saturated heterocycles. The molecule has 13 nitrogen and oxygen atoms in total. The monoisotopic (exact) mass is 614 g/mol. The van der Waals surface area contributed by atoms with Gasteiger partial charge in [0.25, 0.3) is 5.91 Å². The maximum Gasteiger partial charge on any atom is 0.435 e. The van der Waals surface area contributed by atoms with Crippen molar-refractivity contribution in [3.05, 3.63) is 90.7 Å². The number of methoxy groups -OCH3 is 2. The summed E-state index contributed by atoms with van der Waals surface area (Å²) in [6.45, 7) is 4.98. The largest absolute Gasteiger partial charge is 0.497 e. The quantitative estimate of drug-likeness (QED) is 0.186.